The van der Waals surface area contributed by atoms with Crippen molar-refractivity contribution in [2.45, 2.75) is 20.4 Å². The summed E-state index contributed by atoms with van der Waals surface area (Å²) in [6.45, 7) is 4.72. The van der Waals surface area contributed by atoms with Crippen molar-refractivity contribution in [3.05, 3.63) is 39.4 Å². The van der Waals surface area contributed by atoms with Crippen molar-refractivity contribution in [1.29, 1.82) is 0 Å². The molecule has 0 aliphatic carbocycles. The van der Waals surface area contributed by atoms with Gasteiger partial charge in [-0.25, -0.2) is 0 Å². The number of nitrogens with one attached hydrogen (secondary N) is 1. The topological polar surface area (TPSA) is 58.1 Å². The van der Waals surface area contributed by atoms with Crippen LogP contribution < -0.4 is 5.32 Å². The largest absolute Gasteiger partial charge is 0.324 e. The van der Waals surface area contributed by atoms with Crippen LogP contribution in [0.25, 0.3) is 0 Å². The van der Waals surface area contributed by atoms with Crippen molar-refractivity contribution in [3.63, 3.8) is 0 Å². The normalized spacial score (nSPS) is 10.9. The minimum Gasteiger partial charge on any atom is -0.324 e. The van der Waals surface area contributed by atoms with Gasteiger partial charge in [-0.2, -0.15) is 0 Å². The van der Waals surface area contributed by atoms with E-state index in [1.165, 1.54) is 0 Å². The Bertz CT molecular complexity index is 623. The fourth-order valence-corrected chi connectivity index (χ4v) is 2.65. The highest BCUT2D eigenvalue weighted by atomic mass is 35.5. The standard InChI is InChI=1S/C14H17ClN4OS/c1-9-5-4-6-10(2)13(9)16-12(20)8-19(3)7-11-14(15)21-18-17-11/h4-6H,7-8H2,1-3H3,(H,16,20). The van der Waals surface area contributed by atoms with Crippen LogP contribution in [0.2, 0.25) is 4.34 Å². The predicted octanol–water partition coefficient (Wildman–Crippen LogP) is 2.88. The van der Waals surface area contributed by atoms with Crippen LogP contribution in [0.4, 0.5) is 5.69 Å². The third-order valence-electron chi connectivity index (χ3n) is 3.09. The van der Waals surface area contributed by atoms with E-state index in [0.29, 0.717) is 16.6 Å². The summed E-state index contributed by atoms with van der Waals surface area (Å²) in [6.07, 6.45) is 0. The molecule has 0 spiro atoms. The number of para-hydroxylation sites is 1. The predicted molar refractivity (Wildman–Crippen MR) is 85.8 cm³/mol. The molecule has 1 heterocycles. The second-order valence-corrected chi connectivity index (χ2v) is 6.34. The zero-order valence-corrected chi connectivity index (χ0v) is 13.8. The number of aryl methyl sites for hydroxylation is 2. The number of benzene rings is 1. The minimum absolute atomic E-state index is 0.0609. The van der Waals surface area contributed by atoms with Crippen LogP contribution in [-0.2, 0) is 11.3 Å². The number of carbonyl (C=O) groups is 1. The molecule has 0 radical (unpaired) electrons. The van der Waals surface area contributed by atoms with Crippen molar-refractivity contribution in [1.82, 2.24) is 14.5 Å². The number of nitrogens with zero attached hydrogens (tertiary/aromatic N) is 3. The van der Waals surface area contributed by atoms with Crippen LogP contribution in [0.15, 0.2) is 18.2 Å². The highest BCUT2D eigenvalue weighted by Gasteiger charge is 2.13. The Kier molecular flexibility index (Phi) is 5.27. The third kappa shape index (κ3) is 4.23. The Hall–Kier alpha value is -1.50. The van der Waals surface area contributed by atoms with E-state index >= 15 is 0 Å². The molecule has 21 heavy (non-hydrogen) atoms. The molecular weight excluding hydrogens is 308 g/mol. The Morgan fingerprint density at radius 1 is 1.38 bits per heavy atom. The van der Waals surface area contributed by atoms with Crippen molar-refractivity contribution in [2.75, 3.05) is 18.9 Å². The molecule has 0 atom stereocenters. The first-order chi connectivity index (χ1) is 9.97. The Morgan fingerprint density at radius 3 is 2.62 bits per heavy atom. The van der Waals surface area contributed by atoms with E-state index in [0.717, 1.165) is 28.3 Å². The van der Waals surface area contributed by atoms with Crippen molar-refractivity contribution < 1.29 is 4.79 Å². The molecule has 0 saturated heterocycles. The molecule has 5 nitrogen and oxygen atoms in total. The maximum Gasteiger partial charge on any atom is 0.238 e. The average molecular weight is 325 g/mol. The van der Waals surface area contributed by atoms with Gasteiger partial charge in [0.25, 0.3) is 0 Å². The van der Waals surface area contributed by atoms with Crippen LogP contribution in [-0.4, -0.2) is 34.0 Å². The molecule has 1 aromatic carbocycles. The van der Waals surface area contributed by atoms with Crippen molar-refractivity contribution in [2.24, 2.45) is 0 Å². The van der Waals surface area contributed by atoms with Crippen LogP contribution >= 0.6 is 23.1 Å². The molecular formula is C14H17ClN4OS. The van der Waals surface area contributed by atoms with E-state index in [9.17, 15) is 4.79 Å². The summed E-state index contributed by atoms with van der Waals surface area (Å²) in [5.41, 5.74) is 3.68. The summed E-state index contributed by atoms with van der Waals surface area (Å²) in [5.74, 6) is -0.0609. The monoisotopic (exact) mass is 324 g/mol. The van der Waals surface area contributed by atoms with Gasteiger partial charge < -0.3 is 5.32 Å². The fraction of sp³-hybridized carbons (Fsp3) is 0.357. The van der Waals surface area contributed by atoms with Gasteiger partial charge in [0.05, 0.1) is 6.54 Å². The van der Waals surface area contributed by atoms with Gasteiger partial charge in [-0.15, -0.1) is 5.10 Å². The van der Waals surface area contributed by atoms with Gasteiger partial charge in [0, 0.05) is 23.8 Å². The van der Waals surface area contributed by atoms with Gasteiger partial charge >= 0.3 is 0 Å². The van der Waals surface area contributed by atoms with E-state index in [-0.39, 0.29) is 12.5 Å². The van der Waals surface area contributed by atoms with E-state index in [2.05, 4.69) is 14.9 Å². The molecule has 0 fully saturated rings. The lowest BCUT2D eigenvalue weighted by atomic mass is 10.1. The molecule has 1 aromatic heterocycles. The van der Waals surface area contributed by atoms with E-state index in [1.54, 1.807) is 0 Å². The number of amides is 1. The number of anilines is 1. The molecule has 1 N–H and O–H groups in total. The number of hydrogen-bond acceptors (Lipinski definition) is 5. The number of aromatic nitrogens is 2. The van der Waals surface area contributed by atoms with Crippen LogP contribution in [0.5, 0.6) is 0 Å². The van der Waals surface area contributed by atoms with Crippen molar-refractivity contribution in [3.8, 4) is 0 Å². The van der Waals surface area contributed by atoms with Gasteiger partial charge in [0.2, 0.25) is 5.91 Å². The molecule has 0 aliphatic heterocycles. The molecule has 1 amide bonds. The zero-order chi connectivity index (χ0) is 15.4. The summed E-state index contributed by atoms with van der Waals surface area (Å²) < 4.78 is 4.34. The quantitative estimate of drug-likeness (QED) is 0.918. The third-order valence-corrected chi connectivity index (χ3v) is 4.07. The average Bonchev–Trinajstić information content (AvgIpc) is 2.79. The first-order valence-corrected chi connectivity index (χ1v) is 7.64. The number of carbonyl (C=O) groups excluding carboxylic acids is 1. The minimum atomic E-state index is -0.0609. The SMILES string of the molecule is Cc1cccc(C)c1NC(=O)CN(C)Cc1nnsc1Cl. The summed E-state index contributed by atoms with van der Waals surface area (Å²) in [6, 6.07) is 5.93. The molecule has 0 aliphatic rings. The van der Waals surface area contributed by atoms with Gasteiger partial charge in [0.15, 0.2) is 0 Å². The van der Waals surface area contributed by atoms with E-state index in [1.807, 2.05) is 44.0 Å². The highest BCUT2D eigenvalue weighted by molar-refractivity contribution is 7.10. The van der Waals surface area contributed by atoms with E-state index in [4.69, 9.17) is 11.6 Å². The molecule has 112 valence electrons. The number of likely N-dealkylation sites (N-methyl/N-ethyl adjacent to an activating group) is 1. The first-order valence-electron chi connectivity index (χ1n) is 6.48. The summed E-state index contributed by atoms with van der Waals surface area (Å²) in [4.78, 5) is 14.0. The summed E-state index contributed by atoms with van der Waals surface area (Å²) in [7, 11) is 1.85. The number of halogens is 1. The van der Waals surface area contributed by atoms with Gasteiger partial charge in [-0.1, -0.05) is 34.3 Å². The van der Waals surface area contributed by atoms with Crippen LogP contribution in [0.3, 0.4) is 0 Å². The maximum atomic E-state index is 12.1. The maximum absolute atomic E-state index is 12.1. The molecule has 7 heteroatoms. The zero-order valence-electron chi connectivity index (χ0n) is 12.2. The van der Waals surface area contributed by atoms with E-state index < -0.39 is 0 Å². The number of hydrogen-bond donors (Lipinski definition) is 1. The summed E-state index contributed by atoms with van der Waals surface area (Å²) in [5, 5.41) is 6.90. The highest BCUT2D eigenvalue weighted by Crippen LogP contribution is 2.20. The molecule has 0 unspecified atom stereocenters. The molecule has 0 bridgehead atoms. The second kappa shape index (κ2) is 6.98. The molecule has 2 aromatic rings. The lowest BCUT2D eigenvalue weighted by molar-refractivity contribution is -0.117. The lowest BCUT2D eigenvalue weighted by Crippen LogP contribution is -2.30. The van der Waals surface area contributed by atoms with Gasteiger partial charge in [-0.05, 0) is 32.0 Å². The Balaban J connectivity index is 1.94. The smallest absolute Gasteiger partial charge is 0.238 e. The fourth-order valence-electron chi connectivity index (χ4n) is 2.04. The number of rotatable bonds is 5. The Morgan fingerprint density at radius 2 is 2.05 bits per heavy atom. The molecule has 2 rings (SSSR count). The Labute approximate surface area is 133 Å². The molecule has 0 saturated carbocycles. The first kappa shape index (κ1) is 15.9. The summed E-state index contributed by atoms with van der Waals surface area (Å²) >= 11 is 7.11. The lowest BCUT2D eigenvalue weighted by Gasteiger charge is -2.16. The van der Waals surface area contributed by atoms with Gasteiger partial charge in [-0.3, -0.25) is 9.69 Å². The van der Waals surface area contributed by atoms with Crippen LogP contribution in [0, 0.1) is 13.8 Å². The van der Waals surface area contributed by atoms with Gasteiger partial charge in [0.1, 0.15) is 10.0 Å². The second-order valence-electron chi connectivity index (χ2n) is 4.98. The van der Waals surface area contributed by atoms with Crippen LogP contribution in [0.1, 0.15) is 16.8 Å². The van der Waals surface area contributed by atoms with Crippen molar-refractivity contribution >= 4 is 34.7 Å².